The lowest BCUT2D eigenvalue weighted by Crippen LogP contribution is -2.08. The molecule has 1 aliphatic heterocycles. The average molecular weight is 380 g/mol. The zero-order valence-electron chi connectivity index (χ0n) is 15.2. The number of nitrogens with zero attached hydrogens (tertiary/aromatic N) is 3. The fourth-order valence-corrected chi connectivity index (χ4v) is 3.37. The topological polar surface area (TPSA) is 93.9 Å². The lowest BCUT2D eigenvalue weighted by molar-refractivity contribution is 0.457. The van der Waals surface area contributed by atoms with Crippen molar-refractivity contribution in [2.45, 2.75) is 0 Å². The standard InChI is InChI=1S/C23H16N4O2/c28-16-3-6-20-18(13-16)19(23(29)25-20)11-15-1-4-17-21(26-27-22(17)12-15)5-2-14-7-9-24-10-8-14/h1-13,25,28-29H/b5-2+,15-11?. The molecule has 0 unspecified atom stereocenters. The largest absolute Gasteiger partial charge is 0.508 e. The molecule has 0 atom stereocenters. The smallest absolute Gasteiger partial charge is 0.196 e. The Kier molecular flexibility index (Phi) is 3.95. The molecule has 3 heterocycles. The van der Waals surface area contributed by atoms with E-state index >= 15 is 0 Å². The van der Waals surface area contributed by atoms with Crippen LogP contribution in [0.4, 0.5) is 5.69 Å². The highest BCUT2D eigenvalue weighted by molar-refractivity contribution is 5.92. The first kappa shape index (κ1) is 16.9. The molecule has 0 aliphatic carbocycles. The van der Waals surface area contributed by atoms with Gasteiger partial charge in [-0.05, 0) is 65.4 Å². The summed E-state index contributed by atoms with van der Waals surface area (Å²) in [6.07, 6.45) is 9.25. The number of phenols is 1. The van der Waals surface area contributed by atoms with Gasteiger partial charge in [-0.15, -0.1) is 10.2 Å². The van der Waals surface area contributed by atoms with E-state index in [1.165, 1.54) is 0 Å². The number of rotatable bonds is 3. The summed E-state index contributed by atoms with van der Waals surface area (Å²) >= 11 is 0. The number of aromatic amines is 1. The highest BCUT2D eigenvalue weighted by Crippen LogP contribution is 2.30. The molecular weight excluding hydrogens is 364 g/mol. The van der Waals surface area contributed by atoms with Crippen LogP contribution in [0.2, 0.25) is 0 Å². The number of aromatic nitrogens is 2. The van der Waals surface area contributed by atoms with E-state index in [2.05, 4.69) is 20.2 Å². The fraction of sp³-hybridized carbons (Fsp3) is 0. The Morgan fingerprint density at radius 1 is 0.862 bits per heavy atom. The number of azo groups is 1. The van der Waals surface area contributed by atoms with E-state index in [-0.39, 0.29) is 11.6 Å². The third kappa shape index (κ3) is 3.17. The van der Waals surface area contributed by atoms with Crippen LogP contribution in [0.25, 0.3) is 28.8 Å². The predicted octanol–water partition coefficient (Wildman–Crippen LogP) is 3.72. The molecule has 2 aromatic heterocycles. The molecule has 0 saturated carbocycles. The van der Waals surface area contributed by atoms with Gasteiger partial charge < -0.3 is 15.2 Å². The maximum atomic E-state index is 10.3. The van der Waals surface area contributed by atoms with E-state index < -0.39 is 0 Å². The molecule has 6 heteroatoms. The molecule has 0 fully saturated rings. The van der Waals surface area contributed by atoms with Crippen molar-refractivity contribution in [3.05, 3.63) is 88.6 Å². The van der Waals surface area contributed by atoms with E-state index in [0.717, 1.165) is 38.3 Å². The molecule has 140 valence electrons. The van der Waals surface area contributed by atoms with Gasteiger partial charge in [-0.1, -0.05) is 12.1 Å². The van der Waals surface area contributed by atoms with Gasteiger partial charge in [-0.2, -0.15) is 0 Å². The van der Waals surface area contributed by atoms with Gasteiger partial charge in [-0.25, -0.2) is 0 Å². The Hall–Kier alpha value is -4.19. The quantitative estimate of drug-likeness (QED) is 0.506. The van der Waals surface area contributed by atoms with Crippen molar-refractivity contribution in [2.75, 3.05) is 0 Å². The Morgan fingerprint density at radius 3 is 2.59 bits per heavy atom. The van der Waals surface area contributed by atoms with Gasteiger partial charge in [-0.3, -0.25) is 4.98 Å². The van der Waals surface area contributed by atoms with Crippen molar-refractivity contribution >= 4 is 34.4 Å². The van der Waals surface area contributed by atoms with Gasteiger partial charge in [0.15, 0.2) is 5.88 Å². The second-order valence-corrected chi connectivity index (χ2v) is 6.74. The number of phenolic OH excluding ortho intramolecular Hbond substituents is 1. The van der Waals surface area contributed by atoms with E-state index in [1.807, 2.05) is 48.6 Å². The monoisotopic (exact) mass is 380 g/mol. The molecule has 1 aliphatic rings. The van der Waals surface area contributed by atoms with Crippen LogP contribution in [0.1, 0.15) is 11.1 Å². The molecule has 0 spiro atoms. The minimum atomic E-state index is 0.0558. The molecular formula is C23H16N4O2. The van der Waals surface area contributed by atoms with E-state index in [9.17, 15) is 10.2 Å². The average Bonchev–Trinajstić information content (AvgIpc) is 3.28. The second-order valence-electron chi connectivity index (χ2n) is 6.74. The van der Waals surface area contributed by atoms with Crippen molar-refractivity contribution < 1.29 is 10.2 Å². The van der Waals surface area contributed by atoms with Gasteiger partial charge >= 0.3 is 0 Å². The van der Waals surface area contributed by atoms with Crippen LogP contribution in [-0.2, 0) is 0 Å². The van der Waals surface area contributed by atoms with Crippen molar-refractivity contribution in [3.63, 3.8) is 0 Å². The molecule has 0 saturated heterocycles. The molecule has 29 heavy (non-hydrogen) atoms. The van der Waals surface area contributed by atoms with Gasteiger partial charge in [0.05, 0.1) is 11.4 Å². The number of hydrogen-bond acceptors (Lipinski definition) is 5. The van der Waals surface area contributed by atoms with E-state index in [4.69, 9.17) is 0 Å². The molecule has 0 radical (unpaired) electrons. The van der Waals surface area contributed by atoms with Gasteiger partial charge in [0, 0.05) is 34.1 Å². The highest BCUT2D eigenvalue weighted by atomic mass is 16.3. The first-order valence-electron chi connectivity index (χ1n) is 9.07. The van der Waals surface area contributed by atoms with Crippen LogP contribution in [0.5, 0.6) is 11.6 Å². The van der Waals surface area contributed by atoms with Crippen molar-refractivity contribution in [1.82, 2.24) is 9.97 Å². The van der Waals surface area contributed by atoms with E-state index in [1.54, 1.807) is 30.6 Å². The molecule has 3 N–H and O–H groups in total. The molecule has 0 bridgehead atoms. The fourth-order valence-electron chi connectivity index (χ4n) is 3.37. The highest BCUT2D eigenvalue weighted by Gasteiger charge is 2.10. The van der Waals surface area contributed by atoms with Crippen LogP contribution in [-0.4, -0.2) is 20.2 Å². The zero-order valence-corrected chi connectivity index (χ0v) is 15.2. The number of aromatic hydroxyl groups is 2. The summed E-state index contributed by atoms with van der Waals surface area (Å²) in [6, 6.07) is 14.6. The first-order chi connectivity index (χ1) is 14.2. The maximum Gasteiger partial charge on any atom is 0.196 e. The Bertz CT molecular complexity index is 1420. The number of hydrogen-bond donors (Lipinski definition) is 3. The zero-order chi connectivity index (χ0) is 19.8. The van der Waals surface area contributed by atoms with Crippen LogP contribution >= 0.6 is 0 Å². The second kappa shape index (κ2) is 6.76. The summed E-state index contributed by atoms with van der Waals surface area (Å²) in [5.74, 6) is 0.203. The molecule has 2 aromatic carbocycles. The lowest BCUT2D eigenvalue weighted by Gasteiger charge is -1.96. The summed E-state index contributed by atoms with van der Waals surface area (Å²) in [7, 11) is 0. The minimum absolute atomic E-state index is 0.0558. The van der Waals surface area contributed by atoms with Gasteiger partial charge in [0.25, 0.3) is 0 Å². The minimum Gasteiger partial charge on any atom is -0.508 e. The normalized spacial score (nSPS) is 13.7. The third-order valence-corrected chi connectivity index (χ3v) is 4.82. The van der Waals surface area contributed by atoms with Crippen molar-refractivity contribution in [1.29, 1.82) is 0 Å². The summed E-state index contributed by atoms with van der Waals surface area (Å²) in [5, 5.41) is 31.2. The van der Waals surface area contributed by atoms with Crippen LogP contribution in [0, 0.1) is 0 Å². The third-order valence-electron chi connectivity index (χ3n) is 4.82. The molecule has 0 amide bonds. The number of fused-ring (bicyclic) bond motifs is 2. The number of pyridine rings is 1. The van der Waals surface area contributed by atoms with Crippen LogP contribution in [0.3, 0.4) is 0 Å². The predicted molar refractivity (Wildman–Crippen MR) is 112 cm³/mol. The SMILES string of the molecule is Oc1ccc2[nH]c(O)c(C=c3ccc4c(c3)N=NC=4/C=C/c3ccncc3)c2c1. The summed E-state index contributed by atoms with van der Waals surface area (Å²) < 4.78 is 0. The van der Waals surface area contributed by atoms with Crippen LogP contribution < -0.4 is 10.4 Å². The number of benzene rings is 2. The summed E-state index contributed by atoms with van der Waals surface area (Å²) in [5.41, 5.74) is 3.98. The molecule has 4 aromatic rings. The first-order valence-corrected chi connectivity index (χ1v) is 9.07. The number of H-pyrrole nitrogens is 1. The molecule has 5 rings (SSSR count). The van der Waals surface area contributed by atoms with Gasteiger partial charge in [0.2, 0.25) is 0 Å². The summed E-state index contributed by atoms with van der Waals surface area (Å²) in [6.45, 7) is 0. The Balaban J connectivity index is 1.57. The van der Waals surface area contributed by atoms with E-state index in [0.29, 0.717) is 5.56 Å². The maximum absolute atomic E-state index is 10.3. The van der Waals surface area contributed by atoms with Crippen molar-refractivity contribution in [3.8, 4) is 11.6 Å². The summed E-state index contributed by atoms with van der Waals surface area (Å²) in [4.78, 5) is 6.93. The Labute approximate surface area is 165 Å². The lowest BCUT2D eigenvalue weighted by atomic mass is 10.1. The number of nitrogens with one attached hydrogen (secondary N) is 1. The van der Waals surface area contributed by atoms with Crippen LogP contribution in [0.15, 0.2) is 77.2 Å². The van der Waals surface area contributed by atoms with Crippen molar-refractivity contribution in [2.24, 2.45) is 10.2 Å². The van der Waals surface area contributed by atoms with Gasteiger partial charge in [0.1, 0.15) is 5.75 Å². The molecule has 6 nitrogen and oxygen atoms in total. The Morgan fingerprint density at radius 2 is 1.72 bits per heavy atom.